The molecule has 0 saturated carbocycles. The Labute approximate surface area is 170 Å². The number of aryl methyl sites for hydroxylation is 1. The summed E-state index contributed by atoms with van der Waals surface area (Å²) >= 11 is 0. The molecule has 152 valence electrons. The van der Waals surface area contributed by atoms with E-state index in [1.807, 2.05) is 0 Å². The molecular weight excluding hydrogens is 411 g/mol. The average Bonchev–Trinajstić information content (AvgIpc) is 3.05. The van der Waals surface area contributed by atoms with Gasteiger partial charge in [-0.05, 0) is 30.3 Å². The zero-order chi connectivity index (χ0) is 21.5. The van der Waals surface area contributed by atoms with Gasteiger partial charge < -0.3 is 10.3 Å². The number of ketones is 1. The number of nitrogens with two attached hydrogens (primary N) is 1. The molecule has 1 aromatic carbocycles. The van der Waals surface area contributed by atoms with Gasteiger partial charge in [-0.3, -0.25) is 14.5 Å². The fourth-order valence-corrected chi connectivity index (χ4v) is 4.04. The van der Waals surface area contributed by atoms with E-state index in [4.69, 9.17) is 5.73 Å². The van der Waals surface area contributed by atoms with Crippen LogP contribution in [0.2, 0.25) is 0 Å². The summed E-state index contributed by atoms with van der Waals surface area (Å²) in [6.07, 6.45) is 5.46. The Hall–Kier alpha value is -3.86. The lowest BCUT2D eigenvalue weighted by atomic mass is 10.1. The topological polar surface area (TPSA) is 133 Å². The van der Waals surface area contributed by atoms with Crippen molar-refractivity contribution in [3.8, 4) is 0 Å². The Morgan fingerprint density at radius 1 is 1.17 bits per heavy atom. The summed E-state index contributed by atoms with van der Waals surface area (Å²) in [5, 5.41) is 0.405. The first-order chi connectivity index (χ1) is 14.3. The first-order valence-corrected chi connectivity index (χ1v) is 10.1. The van der Waals surface area contributed by atoms with Gasteiger partial charge in [0.15, 0.2) is 5.78 Å². The Morgan fingerprint density at radius 3 is 2.63 bits per heavy atom. The Kier molecular flexibility index (Phi) is 4.66. The highest BCUT2D eigenvalue weighted by atomic mass is 32.2. The second-order valence-electron chi connectivity index (χ2n) is 6.46. The zero-order valence-electron chi connectivity index (χ0n) is 15.6. The lowest BCUT2D eigenvalue weighted by molar-refractivity contribution is 0.103. The molecule has 4 aromatic rings. The van der Waals surface area contributed by atoms with Crippen LogP contribution < -0.4 is 10.5 Å². The summed E-state index contributed by atoms with van der Waals surface area (Å²) in [5.41, 5.74) is 6.91. The maximum absolute atomic E-state index is 13.1. The first-order valence-electron chi connectivity index (χ1n) is 8.60. The maximum Gasteiger partial charge on any atom is 0.261 e. The molecule has 0 amide bonds. The molecule has 30 heavy (non-hydrogen) atoms. The normalized spacial score (nSPS) is 11.5. The van der Waals surface area contributed by atoms with Gasteiger partial charge >= 0.3 is 0 Å². The van der Waals surface area contributed by atoms with Crippen molar-refractivity contribution >= 4 is 38.3 Å². The first kappa shape index (κ1) is 19.5. The number of nitrogen functional groups attached to an aromatic ring is 1. The highest BCUT2D eigenvalue weighted by Crippen LogP contribution is 2.26. The number of benzene rings is 1. The number of nitrogens with one attached hydrogen (secondary N) is 1. The third-order valence-corrected chi connectivity index (χ3v) is 5.80. The molecule has 0 radical (unpaired) electrons. The van der Waals surface area contributed by atoms with E-state index < -0.39 is 21.6 Å². The van der Waals surface area contributed by atoms with Crippen molar-refractivity contribution in [3.63, 3.8) is 0 Å². The van der Waals surface area contributed by atoms with E-state index in [2.05, 4.69) is 19.7 Å². The van der Waals surface area contributed by atoms with E-state index in [1.165, 1.54) is 24.8 Å². The van der Waals surface area contributed by atoms with E-state index >= 15 is 0 Å². The van der Waals surface area contributed by atoms with Crippen molar-refractivity contribution in [1.82, 2.24) is 19.5 Å². The summed E-state index contributed by atoms with van der Waals surface area (Å²) in [6, 6.07) is 5.71. The molecule has 0 unspecified atom stereocenters. The fourth-order valence-electron chi connectivity index (χ4n) is 3.01. The smallest absolute Gasteiger partial charge is 0.261 e. The van der Waals surface area contributed by atoms with Crippen LogP contribution in [0.15, 0.2) is 60.1 Å². The summed E-state index contributed by atoms with van der Waals surface area (Å²) in [7, 11) is -2.27. The highest BCUT2D eigenvalue weighted by Gasteiger charge is 2.21. The average molecular weight is 426 g/mol. The number of fused-ring (bicyclic) bond motifs is 1. The van der Waals surface area contributed by atoms with Crippen LogP contribution in [0, 0.1) is 5.82 Å². The number of hydrogen-bond donors (Lipinski definition) is 2. The molecule has 0 aliphatic heterocycles. The predicted molar refractivity (Wildman–Crippen MR) is 108 cm³/mol. The Balaban J connectivity index is 1.69. The van der Waals surface area contributed by atoms with Crippen LogP contribution in [0.5, 0.6) is 0 Å². The molecule has 3 heterocycles. The third kappa shape index (κ3) is 3.46. The Morgan fingerprint density at radius 2 is 1.90 bits per heavy atom. The number of nitrogens with zero attached hydrogens (tertiary/aromatic N) is 4. The van der Waals surface area contributed by atoms with Crippen LogP contribution in [0.1, 0.15) is 15.9 Å². The number of sulfonamides is 1. The number of aromatic nitrogens is 4. The molecule has 0 bridgehead atoms. The molecule has 0 saturated heterocycles. The van der Waals surface area contributed by atoms with Crippen LogP contribution in [0.3, 0.4) is 0 Å². The molecule has 3 N–H and O–H groups in total. The van der Waals surface area contributed by atoms with E-state index in [0.717, 1.165) is 24.3 Å². The molecule has 3 aromatic heterocycles. The molecule has 0 fully saturated rings. The fraction of sp³-hybridized carbons (Fsp3) is 0.0526. The van der Waals surface area contributed by atoms with Gasteiger partial charge in [0.05, 0.1) is 27.7 Å². The van der Waals surface area contributed by atoms with E-state index in [0.29, 0.717) is 11.0 Å². The number of carbonyl (C=O) groups is 1. The van der Waals surface area contributed by atoms with Crippen molar-refractivity contribution in [3.05, 3.63) is 72.2 Å². The SMILES string of the molecule is Cn1cc(C(=O)c2cncc(NS(=O)(=O)c3ccc(F)cc3)c2)c2c(N)ncnc21. The summed E-state index contributed by atoms with van der Waals surface area (Å²) in [5.74, 6) is -0.816. The van der Waals surface area contributed by atoms with Crippen molar-refractivity contribution in [2.75, 3.05) is 10.5 Å². The van der Waals surface area contributed by atoms with Gasteiger partial charge in [-0.2, -0.15) is 0 Å². The minimum absolute atomic E-state index is 0.0784. The number of rotatable bonds is 5. The summed E-state index contributed by atoms with van der Waals surface area (Å²) in [4.78, 5) is 25.0. The van der Waals surface area contributed by atoms with Crippen molar-refractivity contribution in [2.45, 2.75) is 4.90 Å². The van der Waals surface area contributed by atoms with Crippen LogP contribution in [0.25, 0.3) is 11.0 Å². The van der Waals surface area contributed by atoms with Gasteiger partial charge in [0, 0.05) is 25.0 Å². The van der Waals surface area contributed by atoms with Gasteiger partial charge in [-0.15, -0.1) is 0 Å². The molecule has 0 aliphatic rings. The molecule has 0 aliphatic carbocycles. The van der Waals surface area contributed by atoms with Gasteiger partial charge in [-0.1, -0.05) is 0 Å². The van der Waals surface area contributed by atoms with Gasteiger partial charge in [0.25, 0.3) is 10.0 Å². The second-order valence-corrected chi connectivity index (χ2v) is 8.14. The number of pyridine rings is 1. The standard InChI is InChI=1S/C19H15FN6O3S/c1-26-9-15(16-18(21)23-10-24-19(16)26)17(27)11-6-13(8-22-7-11)25-30(28,29)14-4-2-12(20)3-5-14/h2-10,25H,1H3,(H2,21,23,24). The van der Waals surface area contributed by atoms with Gasteiger partial charge in [-0.25, -0.2) is 22.8 Å². The van der Waals surface area contributed by atoms with Crippen LogP contribution in [0.4, 0.5) is 15.9 Å². The van der Waals surface area contributed by atoms with Gasteiger partial charge in [0.2, 0.25) is 0 Å². The lowest BCUT2D eigenvalue weighted by Gasteiger charge is -2.09. The van der Waals surface area contributed by atoms with E-state index in [9.17, 15) is 17.6 Å². The predicted octanol–water partition coefficient (Wildman–Crippen LogP) is 2.12. The van der Waals surface area contributed by atoms with Crippen LogP contribution >= 0.6 is 0 Å². The number of anilines is 2. The van der Waals surface area contributed by atoms with Crippen molar-refractivity contribution in [2.24, 2.45) is 7.05 Å². The number of carbonyl (C=O) groups excluding carboxylic acids is 1. The largest absolute Gasteiger partial charge is 0.383 e. The maximum atomic E-state index is 13.1. The lowest BCUT2D eigenvalue weighted by Crippen LogP contribution is -2.14. The van der Waals surface area contributed by atoms with Gasteiger partial charge in [0.1, 0.15) is 23.6 Å². The second kappa shape index (κ2) is 7.19. The minimum Gasteiger partial charge on any atom is -0.383 e. The molecule has 0 atom stereocenters. The molecule has 9 nitrogen and oxygen atoms in total. The Bertz CT molecular complexity index is 1380. The molecule has 0 spiro atoms. The van der Waals surface area contributed by atoms with Crippen LogP contribution in [-0.2, 0) is 17.1 Å². The number of halogens is 1. The molecule has 11 heteroatoms. The van der Waals surface area contributed by atoms with Crippen molar-refractivity contribution in [1.29, 1.82) is 0 Å². The monoisotopic (exact) mass is 426 g/mol. The highest BCUT2D eigenvalue weighted by molar-refractivity contribution is 7.92. The minimum atomic E-state index is -3.99. The van der Waals surface area contributed by atoms with E-state index in [1.54, 1.807) is 17.8 Å². The third-order valence-electron chi connectivity index (χ3n) is 4.40. The zero-order valence-corrected chi connectivity index (χ0v) is 16.4. The molecular formula is C19H15FN6O3S. The molecule has 4 rings (SSSR count). The quantitative estimate of drug-likeness (QED) is 0.467. The summed E-state index contributed by atoms with van der Waals surface area (Å²) in [6.45, 7) is 0. The number of hydrogen-bond acceptors (Lipinski definition) is 7. The van der Waals surface area contributed by atoms with Crippen LogP contribution in [-0.4, -0.2) is 33.7 Å². The van der Waals surface area contributed by atoms with Crippen molar-refractivity contribution < 1.29 is 17.6 Å². The summed E-state index contributed by atoms with van der Waals surface area (Å²) < 4.78 is 42.1. The van der Waals surface area contributed by atoms with E-state index in [-0.39, 0.29) is 27.5 Å².